The topological polar surface area (TPSA) is 61.2 Å². The van der Waals surface area contributed by atoms with Gasteiger partial charge in [0.1, 0.15) is 11.6 Å². The summed E-state index contributed by atoms with van der Waals surface area (Å²) in [5, 5.41) is 0. The number of aromatic nitrogens is 2. The fourth-order valence-corrected chi connectivity index (χ4v) is 2.27. The number of aryl methyl sites for hydroxylation is 2. The van der Waals surface area contributed by atoms with Crippen LogP contribution in [0.4, 0.5) is 0 Å². The molecule has 0 bridgehead atoms. The van der Waals surface area contributed by atoms with E-state index in [-0.39, 0.29) is 24.6 Å². The van der Waals surface area contributed by atoms with Gasteiger partial charge >= 0.3 is 5.97 Å². The lowest BCUT2D eigenvalue weighted by molar-refractivity contribution is -0.144. The smallest absolute Gasteiger partial charge is 0.306 e. The summed E-state index contributed by atoms with van der Waals surface area (Å²) in [6, 6.07) is 7.89. The zero-order chi connectivity index (χ0) is 15.2. The van der Waals surface area contributed by atoms with Crippen molar-refractivity contribution in [3.8, 4) is 0 Å². The van der Waals surface area contributed by atoms with Crippen molar-refractivity contribution in [2.24, 2.45) is 7.05 Å². The molecule has 0 spiro atoms. The SMILES string of the molecule is CCOC(=O)CCC(=O)CCc1nc2ccccc2n1C. The molecule has 0 aliphatic rings. The average Bonchev–Trinajstić information content (AvgIpc) is 2.80. The number of Topliss-reactive ketones (excluding diaryl/α,β-unsaturated/α-hetero) is 1. The first kappa shape index (κ1) is 15.2. The normalized spacial score (nSPS) is 10.8. The molecule has 112 valence electrons. The Balaban J connectivity index is 1.88. The summed E-state index contributed by atoms with van der Waals surface area (Å²) in [5.74, 6) is 0.643. The summed E-state index contributed by atoms with van der Waals surface area (Å²) in [6.07, 6.45) is 1.39. The Kier molecular flexibility index (Phi) is 5.09. The predicted octanol–water partition coefficient (Wildman–Crippen LogP) is 2.42. The molecule has 0 N–H and O–H groups in total. The lowest BCUT2D eigenvalue weighted by Gasteiger charge is -2.03. The van der Waals surface area contributed by atoms with Crippen molar-refractivity contribution in [3.05, 3.63) is 30.1 Å². The van der Waals surface area contributed by atoms with E-state index in [4.69, 9.17) is 4.74 Å². The second kappa shape index (κ2) is 7.02. The van der Waals surface area contributed by atoms with E-state index < -0.39 is 0 Å². The van der Waals surface area contributed by atoms with E-state index in [1.165, 1.54) is 0 Å². The molecule has 0 amide bonds. The van der Waals surface area contributed by atoms with Crippen molar-refractivity contribution in [3.63, 3.8) is 0 Å². The lowest BCUT2D eigenvalue weighted by Crippen LogP contribution is -2.09. The van der Waals surface area contributed by atoms with Crippen molar-refractivity contribution >= 4 is 22.8 Å². The number of imidazole rings is 1. The van der Waals surface area contributed by atoms with Gasteiger partial charge < -0.3 is 9.30 Å². The van der Waals surface area contributed by atoms with Crippen LogP contribution >= 0.6 is 0 Å². The number of hydrogen-bond acceptors (Lipinski definition) is 4. The van der Waals surface area contributed by atoms with Gasteiger partial charge in [0.25, 0.3) is 0 Å². The van der Waals surface area contributed by atoms with Gasteiger partial charge in [-0.15, -0.1) is 0 Å². The first-order chi connectivity index (χ1) is 10.1. The van der Waals surface area contributed by atoms with Gasteiger partial charge in [0, 0.05) is 26.3 Å². The largest absolute Gasteiger partial charge is 0.466 e. The molecule has 21 heavy (non-hydrogen) atoms. The molecule has 2 rings (SSSR count). The second-order valence-electron chi connectivity index (χ2n) is 4.92. The second-order valence-corrected chi connectivity index (χ2v) is 4.92. The van der Waals surface area contributed by atoms with Gasteiger partial charge in [-0.1, -0.05) is 12.1 Å². The number of ketones is 1. The Morgan fingerprint density at radius 1 is 1.19 bits per heavy atom. The van der Waals surface area contributed by atoms with Crippen molar-refractivity contribution in [2.45, 2.75) is 32.6 Å². The summed E-state index contributed by atoms with van der Waals surface area (Å²) in [4.78, 5) is 27.5. The molecule has 2 aromatic rings. The summed E-state index contributed by atoms with van der Waals surface area (Å²) in [5.41, 5.74) is 2.00. The van der Waals surface area contributed by atoms with E-state index in [0.717, 1.165) is 16.9 Å². The average molecular weight is 288 g/mol. The molecule has 0 saturated carbocycles. The highest BCUT2D eigenvalue weighted by atomic mass is 16.5. The van der Waals surface area contributed by atoms with Crippen molar-refractivity contribution < 1.29 is 14.3 Å². The third-order valence-electron chi connectivity index (χ3n) is 3.42. The fraction of sp³-hybridized carbons (Fsp3) is 0.438. The maximum atomic E-state index is 11.8. The molecule has 0 aliphatic heterocycles. The molecule has 0 aliphatic carbocycles. The molecule has 1 heterocycles. The number of nitrogens with zero attached hydrogens (tertiary/aromatic N) is 2. The van der Waals surface area contributed by atoms with E-state index in [1.807, 2.05) is 35.9 Å². The van der Waals surface area contributed by atoms with E-state index in [2.05, 4.69) is 4.98 Å². The van der Waals surface area contributed by atoms with Crippen LogP contribution in [0.2, 0.25) is 0 Å². The van der Waals surface area contributed by atoms with Crippen LogP contribution in [0, 0.1) is 0 Å². The number of ether oxygens (including phenoxy) is 1. The summed E-state index contributed by atoms with van der Waals surface area (Å²) in [6.45, 7) is 2.11. The van der Waals surface area contributed by atoms with Gasteiger partial charge in [-0.25, -0.2) is 4.98 Å². The molecule has 5 nitrogen and oxygen atoms in total. The van der Waals surface area contributed by atoms with Crippen LogP contribution < -0.4 is 0 Å². The zero-order valence-electron chi connectivity index (χ0n) is 12.5. The molecule has 1 aromatic carbocycles. The summed E-state index contributed by atoms with van der Waals surface area (Å²) in [7, 11) is 1.95. The first-order valence-corrected chi connectivity index (χ1v) is 7.19. The van der Waals surface area contributed by atoms with Crippen LogP contribution in [0.5, 0.6) is 0 Å². The van der Waals surface area contributed by atoms with Crippen LogP contribution in [0.3, 0.4) is 0 Å². The van der Waals surface area contributed by atoms with Gasteiger partial charge in [0.15, 0.2) is 0 Å². The van der Waals surface area contributed by atoms with Gasteiger partial charge in [-0.05, 0) is 19.1 Å². The quantitative estimate of drug-likeness (QED) is 0.734. The Morgan fingerprint density at radius 3 is 2.67 bits per heavy atom. The maximum absolute atomic E-state index is 11.8. The van der Waals surface area contributed by atoms with Gasteiger partial charge in [-0.3, -0.25) is 9.59 Å². The Bertz CT molecular complexity index is 646. The van der Waals surface area contributed by atoms with E-state index in [0.29, 0.717) is 19.4 Å². The van der Waals surface area contributed by atoms with E-state index in [9.17, 15) is 9.59 Å². The van der Waals surface area contributed by atoms with Gasteiger partial charge in [0.2, 0.25) is 0 Å². The third kappa shape index (κ3) is 3.90. The van der Waals surface area contributed by atoms with Gasteiger partial charge in [0.05, 0.1) is 24.1 Å². The predicted molar refractivity (Wildman–Crippen MR) is 79.9 cm³/mol. The van der Waals surface area contributed by atoms with Crippen LogP contribution in [0.15, 0.2) is 24.3 Å². The van der Waals surface area contributed by atoms with Crippen molar-refractivity contribution in [1.82, 2.24) is 9.55 Å². The molecule has 5 heteroatoms. The maximum Gasteiger partial charge on any atom is 0.306 e. The minimum Gasteiger partial charge on any atom is -0.466 e. The standard InChI is InChI=1S/C16H20N2O3/c1-3-21-16(20)11-9-12(19)8-10-15-17-13-6-4-5-7-14(13)18(15)2/h4-7H,3,8-11H2,1-2H3. The monoisotopic (exact) mass is 288 g/mol. The molecule has 0 fully saturated rings. The first-order valence-electron chi connectivity index (χ1n) is 7.19. The number of fused-ring (bicyclic) bond motifs is 1. The number of esters is 1. The number of carbonyl (C=O) groups excluding carboxylic acids is 2. The van der Waals surface area contributed by atoms with Crippen LogP contribution in [-0.4, -0.2) is 27.9 Å². The highest BCUT2D eigenvalue weighted by Gasteiger charge is 2.11. The Hall–Kier alpha value is -2.17. The summed E-state index contributed by atoms with van der Waals surface area (Å²) < 4.78 is 6.81. The Labute approximate surface area is 123 Å². The highest BCUT2D eigenvalue weighted by molar-refractivity contribution is 5.83. The lowest BCUT2D eigenvalue weighted by atomic mass is 10.1. The minimum absolute atomic E-state index is 0.0649. The third-order valence-corrected chi connectivity index (χ3v) is 3.42. The summed E-state index contributed by atoms with van der Waals surface area (Å²) >= 11 is 0. The molecule has 1 aromatic heterocycles. The Morgan fingerprint density at radius 2 is 1.95 bits per heavy atom. The van der Waals surface area contributed by atoms with E-state index >= 15 is 0 Å². The molecule has 0 radical (unpaired) electrons. The van der Waals surface area contributed by atoms with Crippen molar-refractivity contribution in [1.29, 1.82) is 0 Å². The number of rotatable bonds is 7. The number of para-hydroxylation sites is 2. The number of benzene rings is 1. The van der Waals surface area contributed by atoms with Crippen molar-refractivity contribution in [2.75, 3.05) is 6.61 Å². The molecule has 0 atom stereocenters. The van der Waals surface area contributed by atoms with Crippen LogP contribution in [0.1, 0.15) is 32.0 Å². The molecule has 0 saturated heterocycles. The highest BCUT2D eigenvalue weighted by Crippen LogP contribution is 2.15. The van der Waals surface area contributed by atoms with Crippen LogP contribution in [0.25, 0.3) is 11.0 Å². The van der Waals surface area contributed by atoms with Crippen LogP contribution in [-0.2, 0) is 27.8 Å². The van der Waals surface area contributed by atoms with E-state index in [1.54, 1.807) is 6.92 Å². The molecule has 0 unspecified atom stereocenters. The molecular weight excluding hydrogens is 268 g/mol. The van der Waals surface area contributed by atoms with Gasteiger partial charge in [-0.2, -0.15) is 0 Å². The number of carbonyl (C=O) groups is 2. The zero-order valence-corrected chi connectivity index (χ0v) is 12.5. The number of hydrogen-bond donors (Lipinski definition) is 0. The minimum atomic E-state index is -0.311. The molecular formula is C16H20N2O3. The fourth-order valence-electron chi connectivity index (χ4n) is 2.27.